The van der Waals surface area contributed by atoms with E-state index in [2.05, 4.69) is 9.72 Å². The molecule has 0 aliphatic heterocycles. The number of aromatic nitrogens is 1. The average Bonchev–Trinajstić information content (AvgIpc) is 2.86. The lowest BCUT2D eigenvalue weighted by molar-refractivity contribution is -0.0511. The molecule has 0 spiro atoms. The first-order valence-corrected chi connectivity index (χ1v) is 6.69. The maximum absolute atomic E-state index is 12.3. The number of nitrogens with zero attached hydrogens (tertiary/aromatic N) is 1. The lowest BCUT2D eigenvalue weighted by Gasteiger charge is -2.10. The van der Waals surface area contributed by atoms with Crippen molar-refractivity contribution in [3.8, 4) is 22.1 Å². The zero-order chi connectivity index (χ0) is 13.8. The van der Waals surface area contributed by atoms with Crippen molar-refractivity contribution in [2.45, 2.75) is 12.5 Å². The Hall–Kier alpha value is -1.40. The zero-order valence-electron chi connectivity index (χ0n) is 9.90. The van der Waals surface area contributed by atoms with Crippen LogP contribution in [0.4, 0.5) is 8.78 Å². The van der Waals surface area contributed by atoms with Crippen LogP contribution in [0.3, 0.4) is 0 Å². The van der Waals surface area contributed by atoms with Gasteiger partial charge >= 0.3 is 6.61 Å². The summed E-state index contributed by atoms with van der Waals surface area (Å²) in [6, 6.07) is 4.77. The minimum atomic E-state index is -2.90. The summed E-state index contributed by atoms with van der Waals surface area (Å²) in [6.07, 6.45) is 0. The highest BCUT2D eigenvalue weighted by Crippen LogP contribution is 2.34. The number of hydrogen-bond acceptors (Lipinski definition) is 4. The predicted octanol–water partition coefficient (Wildman–Crippen LogP) is 4.16. The lowest BCUT2D eigenvalue weighted by Crippen LogP contribution is -2.03. The molecule has 0 aliphatic rings. The van der Waals surface area contributed by atoms with E-state index < -0.39 is 6.61 Å². The average molecular weight is 306 g/mol. The van der Waals surface area contributed by atoms with Crippen LogP contribution in [-0.2, 0) is 5.88 Å². The van der Waals surface area contributed by atoms with Crippen LogP contribution in [0, 0.1) is 0 Å². The monoisotopic (exact) mass is 305 g/mol. The summed E-state index contributed by atoms with van der Waals surface area (Å²) in [4.78, 5) is 4.28. The molecule has 3 nitrogen and oxygen atoms in total. The molecule has 1 aromatic heterocycles. The van der Waals surface area contributed by atoms with Gasteiger partial charge in [0.05, 0.1) is 18.7 Å². The van der Waals surface area contributed by atoms with Gasteiger partial charge in [-0.25, -0.2) is 4.98 Å². The van der Waals surface area contributed by atoms with Crippen LogP contribution < -0.4 is 9.47 Å². The lowest BCUT2D eigenvalue weighted by atomic mass is 10.2. The first-order chi connectivity index (χ1) is 9.13. The summed E-state index contributed by atoms with van der Waals surface area (Å²) in [6.45, 7) is -2.90. The molecule has 0 saturated carbocycles. The van der Waals surface area contributed by atoms with Gasteiger partial charge in [-0.05, 0) is 18.2 Å². The topological polar surface area (TPSA) is 31.4 Å². The number of alkyl halides is 3. The molecule has 2 aromatic rings. The van der Waals surface area contributed by atoms with Crippen LogP contribution in [0.1, 0.15) is 5.69 Å². The molecule has 0 radical (unpaired) electrons. The third-order valence-electron chi connectivity index (χ3n) is 2.32. The van der Waals surface area contributed by atoms with Crippen molar-refractivity contribution in [1.29, 1.82) is 0 Å². The molecule has 1 heterocycles. The maximum Gasteiger partial charge on any atom is 0.387 e. The highest BCUT2D eigenvalue weighted by Gasteiger charge is 2.13. The number of ether oxygens (including phenoxy) is 2. The predicted molar refractivity (Wildman–Crippen MR) is 70.3 cm³/mol. The van der Waals surface area contributed by atoms with Crippen molar-refractivity contribution < 1.29 is 18.3 Å². The van der Waals surface area contributed by atoms with Gasteiger partial charge in [-0.15, -0.1) is 22.9 Å². The first kappa shape index (κ1) is 14.0. The molecular formula is C12H10ClF2NO2S. The SMILES string of the molecule is COc1ccc(-c2nc(CCl)cs2)cc1OC(F)F. The third kappa shape index (κ3) is 3.33. The Kier molecular flexibility index (Phi) is 4.55. The molecule has 0 fully saturated rings. The van der Waals surface area contributed by atoms with Crippen molar-refractivity contribution in [2.75, 3.05) is 7.11 Å². The number of rotatable bonds is 5. The van der Waals surface area contributed by atoms with Gasteiger partial charge in [0.1, 0.15) is 5.01 Å². The normalized spacial score (nSPS) is 10.8. The molecule has 102 valence electrons. The second-order valence-electron chi connectivity index (χ2n) is 3.52. The van der Waals surface area contributed by atoms with Gasteiger partial charge in [0.25, 0.3) is 0 Å². The molecule has 0 amide bonds. The molecule has 7 heteroatoms. The van der Waals surface area contributed by atoms with E-state index >= 15 is 0 Å². The molecule has 19 heavy (non-hydrogen) atoms. The van der Waals surface area contributed by atoms with Crippen LogP contribution in [-0.4, -0.2) is 18.7 Å². The fourth-order valence-electron chi connectivity index (χ4n) is 1.50. The molecule has 2 rings (SSSR count). The molecule has 1 aromatic carbocycles. The van der Waals surface area contributed by atoms with Crippen molar-refractivity contribution in [3.63, 3.8) is 0 Å². The van der Waals surface area contributed by atoms with E-state index in [9.17, 15) is 8.78 Å². The Morgan fingerprint density at radius 2 is 2.16 bits per heavy atom. The van der Waals surface area contributed by atoms with Crippen LogP contribution in [0.5, 0.6) is 11.5 Å². The summed E-state index contributed by atoms with van der Waals surface area (Å²) in [5, 5.41) is 2.51. The molecule has 0 atom stereocenters. The van der Waals surface area contributed by atoms with E-state index in [4.69, 9.17) is 16.3 Å². The van der Waals surface area contributed by atoms with Gasteiger partial charge in [-0.2, -0.15) is 8.78 Å². The van der Waals surface area contributed by atoms with Gasteiger partial charge < -0.3 is 9.47 Å². The van der Waals surface area contributed by atoms with E-state index in [0.717, 1.165) is 5.69 Å². The molecular weight excluding hydrogens is 296 g/mol. The van der Waals surface area contributed by atoms with Gasteiger partial charge in [0, 0.05) is 10.9 Å². The van der Waals surface area contributed by atoms with Crippen molar-refractivity contribution in [2.24, 2.45) is 0 Å². The second-order valence-corrected chi connectivity index (χ2v) is 4.65. The highest BCUT2D eigenvalue weighted by atomic mass is 35.5. The molecule has 0 saturated heterocycles. The zero-order valence-corrected chi connectivity index (χ0v) is 11.5. The smallest absolute Gasteiger partial charge is 0.387 e. The number of hydrogen-bond donors (Lipinski definition) is 0. The Bertz CT molecular complexity index is 562. The Morgan fingerprint density at radius 3 is 2.74 bits per heavy atom. The third-order valence-corrected chi connectivity index (χ3v) is 3.53. The van der Waals surface area contributed by atoms with Crippen LogP contribution in [0.15, 0.2) is 23.6 Å². The van der Waals surface area contributed by atoms with Gasteiger partial charge in [0.2, 0.25) is 0 Å². The minimum absolute atomic E-state index is 0.0161. The summed E-state index contributed by atoms with van der Waals surface area (Å²) in [5.41, 5.74) is 1.42. The Morgan fingerprint density at radius 1 is 1.37 bits per heavy atom. The first-order valence-electron chi connectivity index (χ1n) is 5.27. The van der Waals surface area contributed by atoms with E-state index in [0.29, 0.717) is 16.5 Å². The molecule has 0 bridgehead atoms. The molecule has 0 unspecified atom stereocenters. The van der Waals surface area contributed by atoms with Crippen molar-refractivity contribution in [3.05, 3.63) is 29.3 Å². The van der Waals surface area contributed by atoms with Crippen molar-refractivity contribution in [1.82, 2.24) is 4.98 Å². The summed E-state index contributed by atoms with van der Waals surface area (Å²) < 4.78 is 34.0. The Balaban J connectivity index is 2.36. The quantitative estimate of drug-likeness (QED) is 0.777. The van der Waals surface area contributed by atoms with Crippen LogP contribution in [0.25, 0.3) is 10.6 Å². The summed E-state index contributed by atoms with van der Waals surface area (Å²) in [7, 11) is 1.39. The van der Waals surface area contributed by atoms with Gasteiger partial charge in [-0.1, -0.05) is 0 Å². The summed E-state index contributed by atoms with van der Waals surface area (Å²) in [5.74, 6) is 0.545. The fraction of sp³-hybridized carbons (Fsp3) is 0.250. The fourth-order valence-corrected chi connectivity index (χ4v) is 2.54. The second kappa shape index (κ2) is 6.16. The summed E-state index contributed by atoms with van der Waals surface area (Å²) >= 11 is 7.06. The molecule has 0 N–H and O–H groups in total. The number of halogens is 3. The number of thiazole rings is 1. The Labute approximate surface area is 117 Å². The number of methoxy groups -OCH3 is 1. The molecule has 0 aliphatic carbocycles. The van der Waals surface area contributed by atoms with E-state index in [1.165, 1.54) is 24.5 Å². The highest BCUT2D eigenvalue weighted by molar-refractivity contribution is 7.13. The van der Waals surface area contributed by atoms with Crippen LogP contribution >= 0.6 is 22.9 Å². The number of benzene rings is 1. The van der Waals surface area contributed by atoms with Crippen LogP contribution in [0.2, 0.25) is 0 Å². The van der Waals surface area contributed by atoms with E-state index in [-0.39, 0.29) is 11.5 Å². The minimum Gasteiger partial charge on any atom is -0.493 e. The maximum atomic E-state index is 12.3. The largest absolute Gasteiger partial charge is 0.493 e. The van der Waals surface area contributed by atoms with Gasteiger partial charge in [-0.3, -0.25) is 0 Å². The van der Waals surface area contributed by atoms with E-state index in [1.807, 2.05) is 5.38 Å². The van der Waals surface area contributed by atoms with Crippen molar-refractivity contribution >= 4 is 22.9 Å². The van der Waals surface area contributed by atoms with E-state index in [1.54, 1.807) is 12.1 Å². The standard InChI is InChI=1S/C12H10ClF2NO2S/c1-17-9-3-2-7(4-10(9)18-12(14)15)11-16-8(5-13)6-19-11/h2-4,6,12H,5H2,1H3. The van der Waals surface area contributed by atoms with Gasteiger partial charge in [0.15, 0.2) is 11.5 Å².